The Bertz CT molecular complexity index is 491. The number of esters is 1. The van der Waals surface area contributed by atoms with Gasteiger partial charge in [0, 0.05) is 37.6 Å². The molecule has 2 heterocycles. The second-order valence-corrected chi connectivity index (χ2v) is 6.81. The van der Waals surface area contributed by atoms with Crippen molar-refractivity contribution in [2.24, 2.45) is 5.92 Å². The summed E-state index contributed by atoms with van der Waals surface area (Å²) >= 11 is 1.59. The van der Waals surface area contributed by atoms with Crippen LogP contribution in [-0.4, -0.2) is 55.7 Å². The van der Waals surface area contributed by atoms with E-state index in [0.717, 1.165) is 42.1 Å². The normalized spacial score (nSPS) is 20.2. The van der Waals surface area contributed by atoms with Gasteiger partial charge in [-0.05, 0) is 25.7 Å². The maximum Gasteiger partial charge on any atom is 0.357 e. The lowest BCUT2D eigenvalue weighted by atomic mass is 10.3. The summed E-state index contributed by atoms with van der Waals surface area (Å²) in [5.41, 5.74) is 0.466. The van der Waals surface area contributed by atoms with Gasteiger partial charge in [-0.1, -0.05) is 0 Å². The lowest BCUT2D eigenvalue weighted by Gasteiger charge is -2.34. The molecule has 0 bridgehead atoms. The zero-order valence-corrected chi connectivity index (χ0v) is 12.9. The van der Waals surface area contributed by atoms with Gasteiger partial charge in [0.1, 0.15) is 0 Å². The van der Waals surface area contributed by atoms with Crippen LogP contribution in [-0.2, 0) is 4.74 Å². The monoisotopic (exact) mass is 295 g/mol. The highest BCUT2D eigenvalue weighted by Gasteiger charge is 2.27. The van der Waals surface area contributed by atoms with Crippen LogP contribution in [0, 0.1) is 12.8 Å². The van der Waals surface area contributed by atoms with Gasteiger partial charge in [-0.25, -0.2) is 9.78 Å². The third-order valence-electron chi connectivity index (χ3n) is 4.02. The molecule has 0 amide bonds. The molecule has 1 aliphatic carbocycles. The lowest BCUT2D eigenvalue weighted by molar-refractivity contribution is 0.0594. The fraction of sp³-hybridized carbons (Fsp3) is 0.714. The molecule has 3 rings (SSSR count). The summed E-state index contributed by atoms with van der Waals surface area (Å²) in [7, 11) is 1.40. The molecule has 20 heavy (non-hydrogen) atoms. The van der Waals surface area contributed by atoms with Crippen LogP contribution in [0.5, 0.6) is 0 Å². The molecule has 0 unspecified atom stereocenters. The van der Waals surface area contributed by atoms with Gasteiger partial charge in [0.15, 0.2) is 10.8 Å². The van der Waals surface area contributed by atoms with Gasteiger partial charge >= 0.3 is 5.97 Å². The number of thiazole rings is 1. The number of aromatic nitrogens is 1. The summed E-state index contributed by atoms with van der Waals surface area (Å²) in [4.78, 5) is 21.8. The first kappa shape index (κ1) is 13.8. The fourth-order valence-corrected chi connectivity index (χ4v) is 3.54. The molecule has 6 heteroatoms. The standard InChI is InChI=1S/C14H21N3O2S/c1-10-12(13(18)19-2)15-14(20-10)17-7-5-16(6-8-17)9-11-3-4-11/h11H,3-9H2,1-2H3. The van der Waals surface area contributed by atoms with E-state index in [1.807, 2.05) is 6.92 Å². The topological polar surface area (TPSA) is 45.7 Å². The molecule has 0 N–H and O–H groups in total. The van der Waals surface area contributed by atoms with Crippen molar-refractivity contribution >= 4 is 22.4 Å². The number of piperazine rings is 1. The molecule has 110 valence electrons. The molecule has 5 nitrogen and oxygen atoms in total. The number of hydrogen-bond acceptors (Lipinski definition) is 6. The molecular weight excluding hydrogens is 274 g/mol. The maximum absolute atomic E-state index is 11.6. The Labute approximate surface area is 123 Å². The zero-order chi connectivity index (χ0) is 14.1. The second kappa shape index (κ2) is 5.69. The highest BCUT2D eigenvalue weighted by Crippen LogP contribution is 2.31. The van der Waals surface area contributed by atoms with Crippen molar-refractivity contribution in [3.63, 3.8) is 0 Å². The summed E-state index contributed by atoms with van der Waals surface area (Å²) in [6.45, 7) is 7.39. The van der Waals surface area contributed by atoms with E-state index in [9.17, 15) is 4.79 Å². The van der Waals surface area contributed by atoms with Crippen molar-refractivity contribution in [3.8, 4) is 0 Å². The van der Waals surface area contributed by atoms with Crippen LogP contribution in [0.3, 0.4) is 0 Å². The Morgan fingerprint density at radius 1 is 1.35 bits per heavy atom. The van der Waals surface area contributed by atoms with Crippen LogP contribution in [0.1, 0.15) is 28.2 Å². The van der Waals surface area contributed by atoms with E-state index in [0.29, 0.717) is 5.69 Å². The van der Waals surface area contributed by atoms with E-state index in [-0.39, 0.29) is 5.97 Å². The Balaban J connectivity index is 1.61. The van der Waals surface area contributed by atoms with Crippen LogP contribution in [0.2, 0.25) is 0 Å². The van der Waals surface area contributed by atoms with Gasteiger partial charge in [-0.3, -0.25) is 4.90 Å². The molecule has 0 spiro atoms. The minimum Gasteiger partial charge on any atom is -0.464 e. The largest absolute Gasteiger partial charge is 0.464 e. The third kappa shape index (κ3) is 2.96. The summed E-state index contributed by atoms with van der Waals surface area (Å²) in [6.07, 6.45) is 2.82. The van der Waals surface area contributed by atoms with Gasteiger partial charge in [-0.15, -0.1) is 11.3 Å². The minimum atomic E-state index is -0.336. The number of hydrogen-bond donors (Lipinski definition) is 0. The van der Waals surface area contributed by atoms with E-state index >= 15 is 0 Å². The van der Waals surface area contributed by atoms with Crippen molar-refractivity contribution in [2.45, 2.75) is 19.8 Å². The van der Waals surface area contributed by atoms with Gasteiger partial charge in [0.25, 0.3) is 0 Å². The molecule has 0 radical (unpaired) electrons. The van der Waals surface area contributed by atoms with Crippen LogP contribution < -0.4 is 4.90 Å². The van der Waals surface area contributed by atoms with Crippen LogP contribution >= 0.6 is 11.3 Å². The van der Waals surface area contributed by atoms with E-state index < -0.39 is 0 Å². The highest BCUT2D eigenvalue weighted by molar-refractivity contribution is 7.15. The Hall–Kier alpha value is -1.14. The van der Waals surface area contributed by atoms with E-state index in [1.54, 1.807) is 11.3 Å². The molecule has 1 saturated carbocycles. The smallest absolute Gasteiger partial charge is 0.357 e. The number of nitrogens with zero attached hydrogens (tertiary/aromatic N) is 3. The quantitative estimate of drug-likeness (QED) is 0.792. The summed E-state index contributed by atoms with van der Waals surface area (Å²) in [6, 6.07) is 0. The van der Waals surface area contributed by atoms with E-state index in [4.69, 9.17) is 4.74 Å². The number of ether oxygens (including phenoxy) is 1. The van der Waals surface area contributed by atoms with Crippen molar-refractivity contribution in [3.05, 3.63) is 10.6 Å². The first-order chi connectivity index (χ1) is 9.67. The fourth-order valence-electron chi connectivity index (χ4n) is 2.59. The molecule has 1 aromatic rings. The molecule has 2 fully saturated rings. The Morgan fingerprint density at radius 2 is 2.05 bits per heavy atom. The predicted octanol–water partition coefficient (Wildman–Crippen LogP) is 1.77. The average molecular weight is 295 g/mol. The predicted molar refractivity (Wildman–Crippen MR) is 79.6 cm³/mol. The van der Waals surface area contributed by atoms with Gasteiger partial charge < -0.3 is 9.64 Å². The van der Waals surface area contributed by atoms with E-state index in [2.05, 4.69) is 14.8 Å². The van der Waals surface area contributed by atoms with Gasteiger partial charge in [-0.2, -0.15) is 0 Å². The van der Waals surface area contributed by atoms with Crippen molar-refractivity contribution in [2.75, 3.05) is 44.7 Å². The van der Waals surface area contributed by atoms with Gasteiger partial charge in [0.05, 0.1) is 7.11 Å². The van der Waals surface area contributed by atoms with Gasteiger partial charge in [0.2, 0.25) is 0 Å². The van der Waals surface area contributed by atoms with Crippen molar-refractivity contribution < 1.29 is 9.53 Å². The third-order valence-corrected chi connectivity index (χ3v) is 5.05. The molecule has 2 aliphatic rings. The average Bonchev–Trinajstić information content (AvgIpc) is 3.19. The maximum atomic E-state index is 11.6. The van der Waals surface area contributed by atoms with Crippen LogP contribution in [0.4, 0.5) is 5.13 Å². The van der Waals surface area contributed by atoms with Crippen molar-refractivity contribution in [1.82, 2.24) is 9.88 Å². The zero-order valence-electron chi connectivity index (χ0n) is 12.1. The molecule has 1 aromatic heterocycles. The summed E-state index contributed by atoms with van der Waals surface area (Å²) in [5.74, 6) is 0.618. The number of carbonyl (C=O) groups excluding carboxylic acids is 1. The molecule has 0 aromatic carbocycles. The molecule has 1 saturated heterocycles. The number of anilines is 1. The Kier molecular flexibility index (Phi) is 3.94. The molecule has 0 atom stereocenters. The number of methoxy groups -OCH3 is 1. The first-order valence-electron chi connectivity index (χ1n) is 7.20. The van der Waals surface area contributed by atoms with Crippen LogP contribution in [0.25, 0.3) is 0 Å². The first-order valence-corrected chi connectivity index (χ1v) is 8.02. The summed E-state index contributed by atoms with van der Waals surface area (Å²) < 4.78 is 4.76. The molecular formula is C14H21N3O2S. The minimum absolute atomic E-state index is 0.336. The number of carbonyl (C=O) groups is 1. The van der Waals surface area contributed by atoms with E-state index in [1.165, 1.54) is 26.5 Å². The Morgan fingerprint density at radius 3 is 2.65 bits per heavy atom. The highest BCUT2D eigenvalue weighted by atomic mass is 32.1. The van der Waals surface area contributed by atoms with Crippen molar-refractivity contribution in [1.29, 1.82) is 0 Å². The SMILES string of the molecule is COC(=O)c1nc(N2CCN(CC3CC3)CC2)sc1C. The van der Waals surface area contributed by atoms with Crippen LogP contribution in [0.15, 0.2) is 0 Å². The number of rotatable bonds is 4. The number of aryl methyl sites for hydroxylation is 1. The summed E-state index contributed by atoms with van der Waals surface area (Å²) in [5, 5.41) is 0.953. The lowest BCUT2D eigenvalue weighted by Crippen LogP contribution is -2.47. The second-order valence-electron chi connectivity index (χ2n) is 5.62. The molecule has 1 aliphatic heterocycles.